The third-order valence-electron chi connectivity index (χ3n) is 5.18. The molecule has 0 spiro atoms. The lowest BCUT2D eigenvalue weighted by Gasteiger charge is -2.37. The second-order valence-corrected chi connectivity index (χ2v) is 7.08. The summed E-state index contributed by atoms with van der Waals surface area (Å²) >= 11 is 0. The van der Waals surface area contributed by atoms with Gasteiger partial charge in [0, 0.05) is 65.0 Å². The fourth-order valence-corrected chi connectivity index (χ4v) is 3.52. The number of nitrogens with zero attached hydrogens (tertiary/aromatic N) is 5. The van der Waals surface area contributed by atoms with Gasteiger partial charge >= 0.3 is 0 Å². The van der Waals surface area contributed by atoms with E-state index in [9.17, 15) is 14.9 Å². The number of guanidine groups is 1. The summed E-state index contributed by atoms with van der Waals surface area (Å²) in [7, 11) is 1.73. The van der Waals surface area contributed by atoms with Gasteiger partial charge in [-0.2, -0.15) is 0 Å². The molecule has 0 aliphatic carbocycles. The van der Waals surface area contributed by atoms with Crippen molar-refractivity contribution in [2.45, 2.75) is 6.54 Å². The van der Waals surface area contributed by atoms with Crippen molar-refractivity contribution < 1.29 is 14.5 Å². The normalized spacial score (nSPS) is 18.6. The fraction of sp³-hybridized carbons (Fsp3) is 0.579. The Morgan fingerprint density at radius 1 is 1.17 bits per heavy atom. The maximum absolute atomic E-state index is 12.4. The van der Waals surface area contributed by atoms with Crippen molar-refractivity contribution in [2.24, 2.45) is 4.99 Å². The van der Waals surface area contributed by atoms with Crippen LogP contribution in [0.25, 0.3) is 0 Å². The summed E-state index contributed by atoms with van der Waals surface area (Å²) in [6, 6.07) is 6.58. The standard InChI is InChI=1S/C19H28N6O4/c1-20-19(21-14-16-3-2-4-17(13-16)25(27)28)24-7-5-22(6-8-24)15-18(26)23-9-11-29-12-10-23/h2-4,13H,5-12,14-15H2,1H3,(H,20,21). The highest BCUT2D eigenvalue weighted by molar-refractivity contribution is 5.80. The molecule has 29 heavy (non-hydrogen) atoms. The van der Waals surface area contributed by atoms with Gasteiger partial charge in [-0.05, 0) is 5.56 Å². The molecule has 0 radical (unpaired) electrons. The molecule has 0 atom stereocenters. The summed E-state index contributed by atoms with van der Waals surface area (Å²) in [6.07, 6.45) is 0. The second kappa shape index (κ2) is 10.2. The molecule has 2 saturated heterocycles. The molecule has 2 aliphatic rings. The summed E-state index contributed by atoms with van der Waals surface area (Å²) in [4.78, 5) is 33.4. The van der Waals surface area contributed by atoms with Gasteiger partial charge in [0.25, 0.3) is 5.69 Å². The molecule has 1 aromatic carbocycles. The summed E-state index contributed by atoms with van der Waals surface area (Å²) < 4.78 is 5.30. The minimum absolute atomic E-state index is 0.0813. The summed E-state index contributed by atoms with van der Waals surface area (Å²) in [5.41, 5.74) is 0.910. The van der Waals surface area contributed by atoms with Crippen molar-refractivity contribution >= 4 is 17.6 Å². The molecule has 0 bridgehead atoms. The van der Waals surface area contributed by atoms with E-state index in [0.29, 0.717) is 39.4 Å². The zero-order valence-corrected chi connectivity index (χ0v) is 16.7. The molecular weight excluding hydrogens is 376 g/mol. The number of hydrogen-bond acceptors (Lipinski definition) is 6. The highest BCUT2D eigenvalue weighted by Crippen LogP contribution is 2.13. The predicted octanol–water partition coefficient (Wildman–Crippen LogP) is 0.147. The first kappa shape index (κ1) is 21.0. The quantitative estimate of drug-likeness (QED) is 0.322. The van der Waals surface area contributed by atoms with E-state index in [1.165, 1.54) is 6.07 Å². The fourth-order valence-electron chi connectivity index (χ4n) is 3.52. The Kier molecular flexibility index (Phi) is 7.36. The van der Waals surface area contributed by atoms with Crippen molar-refractivity contribution in [3.8, 4) is 0 Å². The number of nitrogens with one attached hydrogen (secondary N) is 1. The van der Waals surface area contributed by atoms with Crippen molar-refractivity contribution in [1.82, 2.24) is 20.0 Å². The first-order valence-electron chi connectivity index (χ1n) is 9.83. The van der Waals surface area contributed by atoms with Crippen LogP contribution in [0.4, 0.5) is 5.69 Å². The number of benzene rings is 1. The molecule has 0 saturated carbocycles. The number of carbonyl (C=O) groups excluding carboxylic acids is 1. The molecule has 0 unspecified atom stereocenters. The monoisotopic (exact) mass is 404 g/mol. The topological polar surface area (TPSA) is 104 Å². The molecule has 1 amide bonds. The number of amides is 1. The highest BCUT2D eigenvalue weighted by atomic mass is 16.6. The number of non-ortho nitro benzene ring substituents is 1. The van der Waals surface area contributed by atoms with Gasteiger partial charge in [0.1, 0.15) is 0 Å². The predicted molar refractivity (Wildman–Crippen MR) is 109 cm³/mol. The van der Waals surface area contributed by atoms with E-state index in [1.54, 1.807) is 19.2 Å². The van der Waals surface area contributed by atoms with Crippen molar-refractivity contribution in [1.29, 1.82) is 0 Å². The first-order chi connectivity index (χ1) is 14.1. The van der Waals surface area contributed by atoms with Gasteiger partial charge in [-0.25, -0.2) is 0 Å². The zero-order chi connectivity index (χ0) is 20.6. The van der Waals surface area contributed by atoms with Gasteiger partial charge < -0.3 is 19.9 Å². The molecule has 1 aromatic rings. The number of carbonyl (C=O) groups is 1. The number of hydrogen-bond donors (Lipinski definition) is 1. The minimum atomic E-state index is -0.393. The van der Waals surface area contributed by atoms with Gasteiger partial charge in [-0.3, -0.25) is 24.8 Å². The number of aliphatic imine (C=N–C) groups is 1. The number of rotatable bonds is 5. The van der Waals surface area contributed by atoms with Crippen LogP contribution in [0.1, 0.15) is 5.56 Å². The van der Waals surface area contributed by atoms with Crippen molar-refractivity contribution in [3.63, 3.8) is 0 Å². The summed E-state index contributed by atoms with van der Waals surface area (Å²) in [6.45, 7) is 6.59. The molecule has 2 aliphatic heterocycles. The van der Waals surface area contributed by atoms with E-state index in [4.69, 9.17) is 4.74 Å². The molecular formula is C19H28N6O4. The van der Waals surface area contributed by atoms with Gasteiger partial charge in [-0.1, -0.05) is 12.1 Å². The highest BCUT2D eigenvalue weighted by Gasteiger charge is 2.24. The average Bonchev–Trinajstić information content (AvgIpc) is 2.76. The Balaban J connectivity index is 1.45. The molecule has 2 fully saturated rings. The minimum Gasteiger partial charge on any atom is -0.378 e. The Bertz CT molecular complexity index is 742. The van der Waals surface area contributed by atoms with E-state index < -0.39 is 4.92 Å². The molecule has 158 valence electrons. The zero-order valence-electron chi connectivity index (χ0n) is 16.7. The smallest absolute Gasteiger partial charge is 0.269 e. The van der Waals surface area contributed by atoms with Crippen LogP contribution in [0.5, 0.6) is 0 Å². The first-order valence-corrected chi connectivity index (χ1v) is 9.83. The molecule has 3 rings (SSSR count). The lowest BCUT2D eigenvalue weighted by molar-refractivity contribution is -0.384. The summed E-state index contributed by atoms with van der Waals surface area (Å²) in [5.74, 6) is 0.922. The van der Waals surface area contributed by atoms with E-state index >= 15 is 0 Å². The Morgan fingerprint density at radius 2 is 1.90 bits per heavy atom. The van der Waals surface area contributed by atoms with E-state index in [-0.39, 0.29) is 11.6 Å². The van der Waals surface area contributed by atoms with Crippen LogP contribution in [-0.2, 0) is 16.1 Å². The van der Waals surface area contributed by atoms with Crippen LogP contribution in [0.15, 0.2) is 29.3 Å². The van der Waals surface area contributed by atoms with Crippen LogP contribution < -0.4 is 5.32 Å². The van der Waals surface area contributed by atoms with Crippen LogP contribution in [0.2, 0.25) is 0 Å². The number of morpholine rings is 1. The summed E-state index contributed by atoms with van der Waals surface area (Å²) in [5, 5.41) is 14.2. The number of ether oxygens (including phenoxy) is 1. The lowest BCUT2D eigenvalue weighted by atomic mass is 10.2. The third kappa shape index (κ3) is 5.88. The lowest BCUT2D eigenvalue weighted by Crippen LogP contribution is -2.54. The molecule has 0 aromatic heterocycles. The van der Waals surface area contributed by atoms with Gasteiger partial charge in [0.2, 0.25) is 5.91 Å². The number of nitro benzene ring substituents is 1. The van der Waals surface area contributed by atoms with Gasteiger partial charge in [0.15, 0.2) is 5.96 Å². The maximum atomic E-state index is 12.4. The van der Waals surface area contributed by atoms with E-state index in [2.05, 4.69) is 20.1 Å². The maximum Gasteiger partial charge on any atom is 0.269 e. The Hall–Kier alpha value is -2.72. The number of nitro groups is 1. The second-order valence-electron chi connectivity index (χ2n) is 7.08. The van der Waals surface area contributed by atoms with Crippen LogP contribution in [-0.4, -0.2) is 97.6 Å². The number of piperazine rings is 1. The van der Waals surface area contributed by atoms with E-state index in [1.807, 2.05) is 11.0 Å². The third-order valence-corrected chi connectivity index (χ3v) is 5.18. The molecule has 1 N–H and O–H groups in total. The van der Waals surface area contributed by atoms with Crippen molar-refractivity contribution in [3.05, 3.63) is 39.9 Å². The molecule has 10 nitrogen and oxygen atoms in total. The Labute approximate surface area is 170 Å². The van der Waals surface area contributed by atoms with Crippen LogP contribution in [0, 0.1) is 10.1 Å². The average molecular weight is 404 g/mol. The van der Waals surface area contributed by atoms with Gasteiger partial charge in [-0.15, -0.1) is 0 Å². The van der Waals surface area contributed by atoms with E-state index in [0.717, 1.165) is 37.7 Å². The SMILES string of the molecule is CN=C(NCc1cccc([N+](=O)[O-])c1)N1CCN(CC(=O)N2CCOCC2)CC1. The van der Waals surface area contributed by atoms with Crippen LogP contribution >= 0.6 is 0 Å². The van der Waals surface area contributed by atoms with Crippen LogP contribution in [0.3, 0.4) is 0 Å². The van der Waals surface area contributed by atoms with Crippen molar-refractivity contribution in [2.75, 3.05) is 66.1 Å². The molecule has 10 heteroatoms. The largest absolute Gasteiger partial charge is 0.378 e. The molecule has 2 heterocycles. The van der Waals surface area contributed by atoms with Gasteiger partial charge in [0.05, 0.1) is 24.7 Å². The Morgan fingerprint density at radius 3 is 2.55 bits per heavy atom.